The topological polar surface area (TPSA) is 77.3 Å². The van der Waals surface area contributed by atoms with Crippen LogP contribution in [0.1, 0.15) is 25.0 Å². The first-order chi connectivity index (χ1) is 12.5. The molecule has 1 N–H and O–H groups in total. The number of anilines is 1. The average Bonchev–Trinajstić information content (AvgIpc) is 3.20. The summed E-state index contributed by atoms with van der Waals surface area (Å²) in [5.41, 5.74) is 3.43. The van der Waals surface area contributed by atoms with E-state index < -0.39 is 0 Å². The molecule has 0 radical (unpaired) electrons. The maximum absolute atomic E-state index is 12.3. The summed E-state index contributed by atoms with van der Waals surface area (Å²) in [5, 5.41) is 12.3. The van der Waals surface area contributed by atoms with Gasteiger partial charge in [-0.3, -0.25) is 10.1 Å². The third-order valence-electron chi connectivity index (χ3n) is 3.77. The van der Waals surface area contributed by atoms with Crippen LogP contribution in [0.25, 0.3) is 16.5 Å². The number of nitrogens with one attached hydrogen (secondary N) is 1. The fraction of sp³-hybridized carbons (Fsp3) is 0.278. The van der Waals surface area contributed by atoms with E-state index in [1.165, 1.54) is 17.4 Å². The first kappa shape index (κ1) is 18.5. The van der Waals surface area contributed by atoms with Crippen LogP contribution in [0.3, 0.4) is 0 Å². The standard InChI is InChI=1S/C18H19N3O3S2/c1-5-25-18-21-20-17(26-18)19-16(22)6-10(2)12-7-13-11(3)9-24-15(13)8-14(12)23-4/h6-9H,5H2,1-4H3,(H,19,20,22)/b10-6+. The molecule has 0 bridgehead atoms. The van der Waals surface area contributed by atoms with Gasteiger partial charge < -0.3 is 9.15 Å². The molecule has 0 saturated carbocycles. The van der Waals surface area contributed by atoms with Crippen LogP contribution in [0.5, 0.6) is 5.75 Å². The van der Waals surface area contributed by atoms with Gasteiger partial charge in [-0.1, -0.05) is 30.0 Å². The van der Waals surface area contributed by atoms with E-state index in [1.54, 1.807) is 25.1 Å². The molecular formula is C18H19N3O3S2. The average molecular weight is 390 g/mol. The number of thioether (sulfide) groups is 1. The van der Waals surface area contributed by atoms with Gasteiger partial charge in [0.05, 0.1) is 13.4 Å². The normalized spacial score (nSPS) is 11.8. The van der Waals surface area contributed by atoms with Gasteiger partial charge in [0.15, 0.2) is 4.34 Å². The Balaban J connectivity index is 1.84. The van der Waals surface area contributed by atoms with Gasteiger partial charge in [0.1, 0.15) is 11.3 Å². The van der Waals surface area contributed by atoms with E-state index in [0.717, 1.165) is 37.8 Å². The van der Waals surface area contributed by atoms with Crippen molar-refractivity contribution < 1.29 is 13.9 Å². The summed E-state index contributed by atoms with van der Waals surface area (Å²) < 4.78 is 11.8. The molecule has 0 saturated heterocycles. The van der Waals surface area contributed by atoms with E-state index in [0.29, 0.717) is 10.9 Å². The zero-order chi connectivity index (χ0) is 18.7. The second-order valence-electron chi connectivity index (χ2n) is 5.59. The number of hydrogen-bond acceptors (Lipinski definition) is 7. The summed E-state index contributed by atoms with van der Waals surface area (Å²) >= 11 is 2.96. The van der Waals surface area contributed by atoms with Crippen LogP contribution in [0.2, 0.25) is 0 Å². The lowest BCUT2D eigenvalue weighted by Crippen LogP contribution is -2.08. The van der Waals surface area contributed by atoms with Gasteiger partial charge in [-0.15, -0.1) is 10.2 Å². The second kappa shape index (κ2) is 7.92. The molecular weight excluding hydrogens is 370 g/mol. The summed E-state index contributed by atoms with van der Waals surface area (Å²) in [6.45, 7) is 5.90. The second-order valence-corrected chi connectivity index (χ2v) is 8.08. The highest BCUT2D eigenvalue weighted by atomic mass is 32.2. The number of rotatable bonds is 6. The quantitative estimate of drug-likeness (QED) is 0.372. The number of aryl methyl sites for hydroxylation is 1. The van der Waals surface area contributed by atoms with Gasteiger partial charge in [0, 0.05) is 23.1 Å². The molecule has 0 unspecified atom stereocenters. The summed E-state index contributed by atoms with van der Waals surface area (Å²) in [6.07, 6.45) is 3.24. The number of fused-ring (bicyclic) bond motifs is 1. The van der Waals surface area contributed by atoms with Gasteiger partial charge >= 0.3 is 0 Å². The molecule has 0 spiro atoms. The van der Waals surface area contributed by atoms with Crippen LogP contribution in [0.15, 0.2) is 33.2 Å². The molecule has 3 aromatic rings. The number of aromatic nitrogens is 2. The van der Waals surface area contributed by atoms with E-state index in [-0.39, 0.29) is 5.91 Å². The highest BCUT2D eigenvalue weighted by Crippen LogP contribution is 2.33. The molecule has 26 heavy (non-hydrogen) atoms. The smallest absolute Gasteiger partial charge is 0.250 e. The van der Waals surface area contributed by atoms with E-state index >= 15 is 0 Å². The molecule has 2 heterocycles. The Labute approximate surface area is 159 Å². The van der Waals surface area contributed by atoms with Crippen molar-refractivity contribution in [3.63, 3.8) is 0 Å². The molecule has 8 heteroatoms. The molecule has 0 aliphatic carbocycles. The van der Waals surface area contributed by atoms with Crippen LogP contribution in [0.4, 0.5) is 5.13 Å². The molecule has 0 aliphatic heterocycles. The third-order valence-corrected chi connectivity index (χ3v) is 5.62. The number of methoxy groups -OCH3 is 1. The summed E-state index contributed by atoms with van der Waals surface area (Å²) in [7, 11) is 1.60. The molecule has 1 aromatic carbocycles. The summed E-state index contributed by atoms with van der Waals surface area (Å²) in [5.74, 6) is 1.32. The number of allylic oxidation sites excluding steroid dienone is 1. The zero-order valence-corrected chi connectivity index (χ0v) is 16.6. The number of hydrogen-bond donors (Lipinski definition) is 1. The first-order valence-corrected chi connectivity index (χ1v) is 9.83. The maximum Gasteiger partial charge on any atom is 0.250 e. The summed E-state index contributed by atoms with van der Waals surface area (Å²) in [6, 6.07) is 3.82. The van der Waals surface area contributed by atoms with Crippen LogP contribution in [-0.2, 0) is 4.79 Å². The van der Waals surface area contributed by atoms with E-state index in [1.807, 2.05) is 32.9 Å². The monoisotopic (exact) mass is 389 g/mol. The van der Waals surface area contributed by atoms with Gasteiger partial charge in [0.25, 0.3) is 0 Å². The van der Waals surface area contributed by atoms with Crippen LogP contribution >= 0.6 is 23.1 Å². The van der Waals surface area contributed by atoms with E-state index in [9.17, 15) is 4.79 Å². The minimum absolute atomic E-state index is 0.252. The van der Waals surface area contributed by atoms with E-state index in [4.69, 9.17) is 9.15 Å². The zero-order valence-electron chi connectivity index (χ0n) is 15.0. The lowest BCUT2D eigenvalue weighted by atomic mass is 10.0. The van der Waals surface area contributed by atoms with Crippen molar-refractivity contribution in [3.05, 3.63) is 35.6 Å². The van der Waals surface area contributed by atoms with Gasteiger partial charge in [-0.2, -0.15) is 0 Å². The fourth-order valence-corrected chi connectivity index (χ4v) is 4.17. The van der Waals surface area contributed by atoms with Crippen molar-refractivity contribution in [2.24, 2.45) is 0 Å². The van der Waals surface area contributed by atoms with Crippen LogP contribution in [-0.4, -0.2) is 29.0 Å². The van der Waals surface area contributed by atoms with Crippen LogP contribution in [0, 0.1) is 6.92 Å². The van der Waals surface area contributed by atoms with Gasteiger partial charge in [-0.25, -0.2) is 0 Å². The number of carbonyl (C=O) groups excluding carboxylic acids is 1. The minimum atomic E-state index is -0.252. The molecule has 0 fully saturated rings. The van der Waals surface area contributed by atoms with Crippen molar-refractivity contribution in [3.8, 4) is 5.75 Å². The van der Waals surface area contributed by atoms with Crippen molar-refractivity contribution in [1.29, 1.82) is 0 Å². The van der Waals surface area contributed by atoms with Crippen molar-refractivity contribution >= 4 is 50.7 Å². The Morgan fingerprint density at radius 1 is 1.42 bits per heavy atom. The number of furan rings is 1. The number of nitrogens with zero attached hydrogens (tertiary/aromatic N) is 2. The number of ether oxygens (including phenoxy) is 1. The highest BCUT2D eigenvalue weighted by Gasteiger charge is 2.13. The molecule has 6 nitrogen and oxygen atoms in total. The lowest BCUT2D eigenvalue weighted by molar-refractivity contribution is -0.111. The fourth-order valence-electron chi connectivity index (χ4n) is 2.52. The number of benzene rings is 1. The molecule has 3 rings (SSSR count). The first-order valence-electron chi connectivity index (χ1n) is 8.03. The Morgan fingerprint density at radius 3 is 2.96 bits per heavy atom. The maximum atomic E-state index is 12.3. The Kier molecular flexibility index (Phi) is 5.63. The predicted octanol–water partition coefficient (Wildman–Crippen LogP) is 4.76. The Bertz CT molecular complexity index is 975. The molecule has 0 aliphatic rings. The highest BCUT2D eigenvalue weighted by molar-refractivity contribution is 8.01. The molecule has 2 aromatic heterocycles. The van der Waals surface area contributed by atoms with Crippen molar-refractivity contribution in [1.82, 2.24) is 10.2 Å². The largest absolute Gasteiger partial charge is 0.496 e. The minimum Gasteiger partial charge on any atom is -0.496 e. The van der Waals surface area contributed by atoms with Gasteiger partial charge in [0.2, 0.25) is 11.0 Å². The molecule has 136 valence electrons. The van der Waals surface area contributed by atoms with Crippen molar-refractivity contribution in [2.75, 3.05) is 18.2 Å². The van der Waals surface area contributed by atoms with Crippen molar-refractivity contribution in [2.45, 2.75) is 25.1 Å². The lowest BCUT2D eigenvalue weighted by Gasteiger charge is -2.09. The van der Waals surface area contributed by atoms with Gasteiger partial charge in [-0.05, 0) is 36.8 Å². The predicted molar refractivity (Wildman–Crippen MR) is 106 cm³/mol. The molecule has 1 amide bonds. The summed E-state index contributed by atoms with van der Waals surface area (Å²) in [4.78, 5) is 12.3. The third kappa shape index (κ3) is 3.91. The number of amides is 1. The SMILES string of the molecule is CCSc1nnc(NC(=O)/C=C(\C)c2cc3c(C)coc3cc2OC)s1. The van der Waals surface area contributed by atoms with Crippen LogP contribution < -0.4 is 10.1 Å². The van der Waals surface area contributed by atoms with E-state index in [2.05, 4.69) is 15.5 Å². The molecule has 0 atom stereocenters. The Morgan fingerprint density at radius 2 is 2.23 bits per heavy atom. The Hall–Kier alpha value is -2.32. The number of carbonyl (C=O) groups is 1.